The Morgan fingerprint density at radius 3 is 2.95 bits per heavy atom. The summed E-state index contributed by atoms with van der Waals surface area (Å²) < 4.78 is 3.77. The molecule has 3 aromatic rings. The zero-order valence-corrected chi connectivity index (χ0v) is 12.8. The maximum Gasteiger partial charge on any atom is 0.162 e. The summed E-state index contributed by atoms with van der Waals surface area (Å²) in [6, 6.07) is 1.96. The van der Waals surface area contributed by atoms with Crippen molar-refractivity contribution in [2.24, 2.45) is 7.05 Å². The first-order chi connectivity index (χ1) is 10.3. The fourth-order valence-electron chi connectivity index (χ4n) is 2.21. The molecule has 0 aromatic carbocycles. The molecule has 0 bridgehead atoms. The summed E-state index contributed by atoms with van der Waals surface area (Å²) in [7, 11) is 1.90. The summed E-state index contributed by atoms with van der Waals surface area (Å²) >= 11 is 1.78. The molecule has 110 valence electrons. The van der Waals surface area contributed by atoms with Gasteiger partial charge in [0.25, 0.3) is 0 Å². The maximum absolute atomic E-state index is 4.36. The van der Waals surface area contributed by atoms with E-state index in [0.717, 1.165) is 34.8 Å². The van der Waals surface area contributed by atoms with Crippen LogP contribution in [-0.4, -0.2) is 35.3 Å². The van der Waals surface area contributed by atoms with Gasteiger partial charge in [-0.1, -0.05) is 6.42 Å². The molecule has 0 fully saturated rings. The van der Waals surface area contributed by atoms with Gasteiger partial charge in [-0.25, -0.2) is 9.97 Å². The van der Waals surface area contributed by atoms with E-state index >= 15 is 0 Å². The van der Waals surface area contributed by atoms with Gasteiger partial charge in [0.2, 0.25) is 0 Å². The van der Waals surface area contributed by atoms with Crippen molar-refractivity contribution in [1.82, 2.24) is 29.5 Å². The van der Waals surface area contributed by atoms with Crippen LogP contribution in [0.1, 0.15) is 19.3 Å². The maximum atomic E-state index is 4.36. The van der Waals surface area contributed by atoms with E-state index in [0.29, 0.717) is 0 Å². The second kappa shape index (κ2) is 6.71. The summed E-state index contributed by atoms with van der Waals surface area (Å²) in [5.74, 6) is 1.07. The molecule has 0 aliphatic heterocycles. The number of hydrogen-bond donors (Lipinski definition) is 0. The Labute approximate surface area is 127 Å². The number of fused-ring (bicyclic) bond motifs is 1. The highest BCUT2D eigenvalue weighted by atomic mass is 32.2. The van der Waals surface area contributed by atoms with E-state index in [2.05, 4.69) is 20.2 Å². The van der Waals surface area contributed by atoms with Gasteiger partial charge in [0.15, 0.2) is 5.65 Å². The first kappa shape index (κ1) is 14.1. The molecule has 0 N–H and O–H groups in total. The number of nitrogens with zero attached hydrogens (tertiary/aromatic N) is 6. The average Bonchev–Trinajstić information content (AvgIpc) is 3.14. The zero-order chi connectivity index (χ0) is 14.5. The van der Waals surface area contributed by atoms with Crippen LogP contribution >= 0.6 is 11.8 Å². The first-order valence-corrected chi connectivity index (χ1v) is 8.06. The molecule has 0 atom stereocenters. The quantitative estimate of drug-likeness (QED) is 0.381. The van der Waals surface area contributed by atoms with E-state index in [4.69, 9.17) is 0 Å². The zero-order valence-electron chi connectivity index (χ0n) is 12.0. The topological polar surface area (TPSA) is 61.4 Å². The van der Waals surface area contributed by atoms with Crippen molar-refractivity contribution >= 4 is 22.8 Å². The third-order valence-corrected chi connectivity index (χ3v) is 4.41. The average molecular weight is 302 g/mol. The lowest BCUT2D eigenvalue weighted by atomic mass is 10.2. The highest BCUT2D eigenvalue weighted by Gasteiger charge is 2.07. The molecule has 3 aromatic heterocycles. The second-order valence-corrected chi connectivity index (χ2v) is 5.95. The summed E-state index contributed by atoms with van der Waals surface area (Å²) in [5, 5.41) is 10.5. The number of aromatic nitrogens is 6. The lowest BCUT2D eigenvalue weighted by Gasteiger charge is -2.03. The number of thioether (sulfide) groups is 1. The standard InChI is InChI=1S/C14H18N6S/c1-19-13-12(10-18-19)14(16-11-15-13)21-9-4-2-3-7-20-8-5-6-17-20/h5-6,8,10-11H,2-4,7,9H2,1H3. The molecule has 0 aliphatic rings. The van der Waals surface area contributed by atoms with Gasteiger partial charge in [-0.05, 0) is 24.7 Å². The Morgan fingerprint density at radius 2 is 2.10 bits per heavy atom. The predicted molar refractivity (Wildman–Crippen MR) is 83.1 cm³/mol. The Bertz CT molecular complexity index is 691. The van der Waals surface area contributed by atoms with Crippen LogP contribution in [0.2, 0.25) is 0 Å². The molecule has 0 amide bonds. The van der Waals surface area contributed by atoms with Crippen LogP contribution in [0.15, 0.2) is 36.0 Å². The number of aryl methyl sites for hydroxylation is 2. The van der Waals surface area contributed by atoms with Gasteiger partial charge >= 0.3 is 0 Å². The molecular formula is C14H18N6S. The molecule has 7 heteroatoms. The van der Waals surface area contributed by atoms with Crippen LogP contribution in [0.4, 0.5) is 0 Å². The second-order valence-electron chi connectivity index (χ2n) is 4.86. The van der Waals surface area contributed by atoms with Crippen LogP contribution < -0.4 is 0 Å². The van der Waals surface area contributed by atoms with E-state index < -0.39 is 0 Å². The Kier molecular flexibility index (Phi) is 4.49. The number of rotatable bonds is 7. The van der Waals surface area contributed by atoms with Crippen molar-refractivity contribution in [3.05, 3.63) is 31.0 Å². The van der Waals surface area contributed by atoms with Crippen molar-refractivity contribution in [3.63, 3.8) is 0 Å². The third-order valence-electron chi connectivity index (χ3n) is 3.32. The minimum Gasteiger partial charge on any atom is -0.273 e. The van der Waals surface area contributed by atoms with Crippen molar-refractivity contribution in [2.75, 3.05) is 5.75 Å². The molecule has 0 saturated carbocycles. The van der Waals surface area contributed by atoms with Crippen molar-refractivity contribution < 1.29 is 0 Å². The molecule has 0 aliphatic carbocycles. The third kappa shape index (κ3) is 3.41. The van der Waals surface area contributed by atoms with Gasteiger partial charge in [0, 0.05) is 26.0 Å². The van der Waals surface area contributed by atoms with Gasteiger partial charge in [0.05, 0.1) is 11.6 Å². The molecule has 6 nitrogen and oxygen atoms in total. The monoisotopic (exact) mass is 302 g/mol. The van der Waals surface area contributed by atoms with Gasteiger partial charge in [-0.15, -0.1) is 11.8 Å². The van der Waals surface area contributed by atoms with Crippen LogP contribution in [0.5, 0.6) is 0 Å². The Balaban J connectivity index is 1.44. The highest BCUT2D eigenvalue weighted by Crippen LogP contribution is 2.24. The normalized spacial score (nSPS) is 11.3. The van der Waals surface area contributed by atoms with Crippen molar-refractivity contribution in [1.29, 1.82) is 0 Å². The lowest BCUT2D eigenvalue weighted by Crippen LogP contribution is -1.98. The van der Waals surface area contributed by atoms with Crippen LogP contribution in [0.25, 0.3) is 11.0 Å². The molecule has 0 saturated heterocycles. The lowest BCUT2D eigenvalue weighted by molar-refractivity contribution is 0.554. The van der Waals surface area contributed by atoms with Crippen molar-refractivity contribution in [2.45, 2.75) is 30.8 Å². The van der Waals surface area contributed by atoms with Gasteiger partial charge in [0.1, 0.15) is 11.4 Å². The summed E-state index contributed by atoms with van der Waals surface area (Å²) in [4.78, 5) is 8.62. The summed E-state index contributed by atoms with van der Waals surface area (Å²) in [6.07, 6.45) is 10.8. The highest BCUT2D eigenvalue weighted by molar-refractivity contribution is 7.99. The largest absolute Gasteiger partial charge is 0.273 e. The van der Waals surface area contributed by atoms with Gasteiger partial charge in [-0.3, -0.25) is 9.36 Å². The van der Waals surface area contributed by atoms with E-state index in [9.17, 15) is 0 Å². The summed E-state index contributed by atoms with van der Waals surface area (Å²) in [5.41, 5.74) is 0.895. The minimum atomic E-state index is 0.895. The molecule has 3 heterocycles. The molecule has 3 rings (SSSR count). The Morgan fingerprint density at radius 1 is 1.14 bits per heavy atom. The minimum absolute atomic E-state index is 0.895. The predicted octanol–water partition coefficient (Wildman–Crippen LogP) is 2.52. The smallest absolute Gasteiger partial charge is 0.162 e. The molecule has 21 heavy (non-hydrogen) atoms. The van der Waals surface area contributed by atoms with Crippen LogP contribution in [0, 0.1) is 0 Å². The van der Waals surface area contributed by atoms with E-state index in [1.807, 2.05) is 36.4 Å². The SMILES string of the molecule is Cn1ncc2c(SCCCCCn3cccn3)ncnc21. The number of hydrogen-bond acceptors (Lipinski definition) is 5. The van der Waals surface area contributed by atoms with Gasteiger partial charge < -0.3 is 0 Å². The number of unbranched alkanes of at least 4 members (excludes halogenated alkanes) is 2. The fourth-order valence-corrected chi connectivity index (χ4v) is 3.17. The van der Waals surface area contributed by atoms with E-state index in [1.54, 1.807) is 22.8 Å². The summed E-state index contributed by atoms with van der Waals surface area (Å²) in [6.45, 7) is 0.998. The van der Waals surface area contributed by atoms with E-state index in [-0.39, 0.29) is 0 Å². The molecular weight excluding hydrogens is 284 g/mol. The van der Waals surface area contributed by atoms with E-state index in [1.165, 1.54) is 12.8 Å². The van der Waals surface area contributed by atoms with Crippen LogP contribution in [0.3, 0.4) is 0 Å². The molecule has 0 radical (unpaired) electrons. The van der Waals surface area contributed by atoms with Gasteiger partial charge in [-0.2, -0.15) is 10.2 Å². The van der Waals surface area contributed by atoms with Crippen molar-refractivity contribution in [3.8, 4) is 0 Å². The Hall–Kier alpha value is -1.89. The fraction of sp³-hybridized carbons (Fsp3) is 0.429. The molecule has 0 unspecified atom stereocenters. The van der Waals surface area contributed by atoms with Crippen LogP contribution in [-0.2, 0) is 13.6 Å². The molecule has 0 spiro atoms. The first-order valence-electron chi connectivity index (χ1n) is 7.07.